The molecule has 0 aromatic heterocycles. The van der Waals surface area contributed by atoms with Gasteiger partial charge in [-0.05, 0) is 44.1 Å². The summed E-state index contributed by atoms with van der Waals surface area (Å²) in [7, 11) is 0. The molecule has 0 bridgehead atoms. The zero-order valence-electron chi connectivity index (χ0n) is 11.7. The van der Waals surface area contributed by atoms with Crippen LogP contribution in [-0.4, -0.2) is 12.6 Å². The second kappa shape index (κ2) is 7.41. The van der Waals surface area contributed by atoms with Gasteiger partial charge in [0.15, 0.2) is 0 Å². The second-order valence-electron chi connectivity index (χ2n) is 6.34. The fraction of sp³-hybridized carbons (Fsp3) is 1.00. The van der Waals surface area contributed by atoms with Crippen molar-refractivity contribution < 1.29 is 0 Å². The van der Waals surface area contributed by atoms with Crippen LogP contribution in [0.25, 0.3) is 0 Å². The largest absolute Gasteiger partial charge is 0.314 e. The van der Waals surface area contributed by atoms with Crippen molar-refractivity contribution >= 4 is 0 Å². The van der Waals surface area contributed by atoms with Crippen LogP contribution in [0, 0.1) is 11.8 Å². The van der Waals surface area contributed by atoms with E-state index in [2.05, 4.69) is 12.2 Å². The highest BCUT2D eigenvalue weighted by Crippen LogP contribution is 2.38. The lowest BCUT2D eigenvalue weighted by Crippen LogP contribution is -2.36. The Morgan fingerprint density at radius 2 is 1.53 bits per heavy atom. The third-order valence-electron chi connectivity index (χ3n) is 4.75. The Morgan fingerprint density at radius 1 is 0.824 bits per heavy atom. The minimum absolute atomic E-state index is 0.908. The fourth-order valence-corrected chi connectivity index (χ4v) is 3.08. The van der Waals surface area contributed by atoms with Crippen LogP contribution in [0.5, 0.6) is 0 Å². The summed E-state index contributed by atoms with van der Waals surface area (Å²) in [5.74, 6) is 2.11. The number of hydrogen-bond donors (Lipinski definition) is 1. The smallest absolute Gasteiger partial charge is 0.00683 e. The highest BCUT2D eigenvalue weighted by molar-refractivity contribution is 4.87. The molecule has 2 aliphatic carbocycles. The molecule has 0 radical (unpaired) electrons. The van der Waals surface area contributed by atoms with E-state index in [0.717, 1.165) is 17.9 Å². The summed E-state index contributed by atoms with van der Waals surface area (Å²) < 4.78 is 0. The first-order chi connectivity index (χ1) is 8.40. The molecule has 0 amide bonds. The molecule has 1 heteroatoms. The third-order valence-corrected chi connectivity index (χ3v) is 4.75. The van der Waals surface area contributed by atoms with Crippen molar-refractivity contribution in [3.05, 3.63) is 0 Å². The Bertz CT molecular complexity index is 198. The molecule has 17 heavy (non-hydrogen) atoms. The first-order valence-electron chi connectivity index (χ1n) is 8.13. The quantitative estimate of drug-likeness (QED) is 0.551. The zero-order valence-corrected chi connectivity index (χ0v) is 11.7. The van der Waals surface area contributed by atoms with E-state index in [9.17, 15) is 0 Å². The van der Waals surface area contributed by atoms with Gasteiger partial charge < -0.3 is 5.32 Å². The first kappa shape index (κ1) is 13.4. The summed E-state index contributed by atoms with van der Waals surface area (Å²) in [6.07, 6.45) is 16.2. The molecule has 0 heterocycles. The summed E-state index contributed by atoms with van der Waals surface area (Å²) in [6.45, 7) is 3.62. The second-order valence-corrected chi connectivity index (χ2v) is 6.34. The van der Waals surface area contributed by atoms with Crippen molar-refractivity contribution in [2.45, 2.75) is 83.6 Å². The lowest BCUT2D eigenvalue weighted by molar-refractivity contribution is 0.156. The zero-order chi connectivity index (χ0) is 11.9. The summed E-state index contributed by atoms with van der Waals surface area (Å²) in [5.41, 5.74) is 0. The third kappa shape index (κ3) is 4.99. The highest BCUT2D eigenvalue weighted by atomic mass is 14.9. The number of hydrogen-bond acceptors (Lipinski definition) is 1. The van der Waals surface area contributed by atoms with Gasteiger partial charge in [0, 0.05) is 6.04 Å². The van der Waals surface area contributed by atoms with E-state index in [0.29, 0.717) is 0 Å². The number of rotatable bonds is 10. The van der Waals surface area contributed by atoms with Gasteiger partial charge in [0.2, 0.25) is 0 Å². The lowest BCUT2D eigenvalue weighted by atomic mass is 9.71. The average Bonchev–Trinajstić information content (AvgIpc) is 3.10. The Balaban J connectivity index is 1.42. The molecule has 0 aromatic carbocycles. The average molecular weight is 237 g/mol. The number of unbranched alkanes of at least 4 members (excludes halogenated alkanes) is 5. The SMILES string of the molecule is CCCCCCCCC1CCC1CNC1CC1. The molecular formula is C16H31N. The maximum atomic E-state index is 3.71. The van der Waals surface area contributed by atoms with Crippen LogP contribution in [0.4, 0.5) is 0 Å². The highest BCUT2D eigenvalue weighted by Gasteiger charge is 2.31. The maximum absolute atomic E-state index is 3.71. The predicted molar refractivity (Wildman–Crippen MR) is 75.2 cm³/mol. The van der Waals surface area contributed by atoms with Crippen molar-refractivity contribution in [2.24, 2.45) is 11.8 Å². The Kier molecular flexibility index (Phi) is 5.84. The monoisotopic (exact) mass is 237 g/mol. The van der Waals surface area contributed by atoms with Crippen LogP contribution in [0.1, 0.15) is 77.6 Å². The van der Waals surface area contributed by atoms with E-state index in [1.54, 1.807) is 0 Å². The van der Waals surface area contributed by atoms with Gasteiger partial charge in [0.1, 0.15) is 0 Å². The van der Waals surface area contributed by atoms with Gasteiger partial charge in [0.05, 0.1) is 0 Å². The van der Waals surface area contributed by atoms with Gasteiger partial charge in [-0.15, -0.1) is 0 Å². The van der Waals surface area contributed by atoms with Crippen LogP contribution in [0.15, 0.2) is 0 Å². The van der Waals surface area contributed by atoms with E-state index in [4.69, 9.17) is 0 Å². The topological polar surface area (TPSA) is 12.0 Å². The number of nitrogens with one attached hydrogen (secondary N) is 1. The van der Waals surface area contributed by atoms with Gasteiger partial charge in [-0.2, -0.15) is 0 Å². The van der Waals surface area contributed by atoms with Crippen molar-refractivity contribution in [1.82, 2.24) is 5.32 Å². The van der Waals surface area contributed by atoms with E-state index in [1.807, 2.05) is 0 Å². The Morgan fingerprint density at radius 3 is 2.18 bits per heavy atom. The Labute approximate surface area is 108 Å². The molecule has 2 atom stereocenters. The van der Waals surface area contributed by atoms with Crippen molar-refractivity contribution in [3.63, 3.8) is 0 Å². The minimum atomic E-state index is 0.908. The fourth-order valence-electron chi connectivity index (χ4n) is 3.08. The van der Waals surface area contributed by atoms with Gasteiger partial charge in [0.25, 0.3) is 0 Å². The molecule has 2 aliphatic rings. The molecule has 100 valence electrons. The summed E-state index contributed by atoms with van der Waals surface area (Å²) >= 11 is 0. The Hall–Kier alpha value is -0.0400. The van der Waals surface area contributed by atoms with Crippen LogP contribution >= 0.6 is 0 Å². The maximum Gasteiger partial charge on any atom is 0.00683 e. The molecule has 1 nitrogen and oxygen atoms in total. The normalized spacial score (nSPS) is 28.1. The van der Waals surface area contributed by atoms with Gasteiger partial charge in [-0.1, -0.05) is 51.9 Å². The van der Waals surface area contributed by atoms with Crippen LogP contribution < -0.4 is 5.32 Å². The van der Waals surface area contributed by atoms with Crippen molar-refractivity contribution in [2.75, 3.05) is 6.54 Å². The van der Waals surface area contributed by atoms with Crippen LogP contribution in [-0.2, 0) is 0 Å². The van der Waals surface area contributed by atoms with Crippen LogP contribution in [0.3, 0.4) is 0 Å². The van der Waals surface area contributed by atoms with Crippen molar-refractivity contribution in [3.8, 4) is 0 Å². The van der Waals surface area contributed by atoms with Gasteiger partial charge in [-0.3, -0.25) is 0 Å². The first-order valence-corrected chi connectivity index (χ1v) is 8.13. The molecule has 0 aliphatic heterocycles. The van der Waals surface area contributed by atoms with E-state index < -0.39 is 0 Å². The molecule has 2 rings (SSSR count). The van der Waals surface area contributed by atoms with E-state index >= 15 is 0 Å². The molecule has 0 aromatic rings. The molecule has 1 N–H and O–H groups in total. The summed E-state index contributed by atoms with van der Waals surface area (Å²) in [6, 6.07) is 0.908. The summed E-state index contributed by atoms with van der Waals surface area (Å²) in [4.78, 5) is 0. The van der Waals surface area contributed by atoms with Crippen LogP contribution in [0.2, 0.25) is 0 Å². The van der Waals surface area contributed by atoms with Crippen molar-refractivity contribution in [1.29, 1.82) is 0 Å². The standard InChI is InChI=1S/C16H31N/c1-2-3-4-5-6-7-8-14-9-10-15(14)13-17-16-11-12-16/h14-17H,2-13H2,1H3. The molecule has 2 fully saturated rings. The molecule has 2 saturated carbocycles. The minimum Gasteiger partial charge on any atom is -0.314 e. The van der Waals surface area contributed by atoms with Gasteiger partial charge >= 0.3 is 0 Å². The van der Waals surface area contributed by atoms with Gasteiger partial charge in [-0.25, -0.2) is 0 Å². The molecule has 2 unspecified atom stereocenters. The predicted octanol–water partition coefficient (Wildman–Crippen LogP) is 4.52. The molecular weight excluding hydrogens is 206 g/mol. The van der Waals surface area contributed by atoms with E-state index in [1.165, 1.54) is 77.2 Å². The van der Waals surface area contributed by atoms with E-state index in [-0.39, 0.29) is 0 Å². The molecule has 0 saturated heterocycles. The lowest BCUT2D eigenvalue weighted by Gasteiger charge is -2.37. The molecule has 0 spiro atoms. The summed E-state index contributed by atoms with van der Waals surface area (Å²) in [5, 5.41) is 3.71.